The number of rotatable bonds is 5. The van der Waals surface area contributed by atoms with Crippen molar-refractivity contribution in [1.29, 1.82) is 0 Å². The summed E-state index contributed by atoms with van der Waals surface area (Å²) < 4.78 is 0. The van der Waals surface area contributed by atoms with Gasteiger partial charge in [0.15, 0.2) is 6.17 Å². The summed E-state index contributed by atoms with van der Waals surface area (Å²) in [6.45, 7) is 10.3. The second kappa shape index (κ2) is 12.4. The highest BCUT2D eigenvalue weighted by Crippen LogP contribution is 2.21. The van der Waals surface area contributed by atoms with Gasteiger partial charge >= 0.3 is 0 Å². The van der Waals surface area contributed by atoms with Gasteiger partial charge in [0.1, 0.15) is 11.7 Å². The van der Waals surface area contributed by atoms with E-state index in [-0.39, 0.29) is 6.17 Å². The van der Waals surface area contributed by atoms with Crippen molar-refractivity contribution in [3.8, 4) is 11.1 Å². The monoisotopic (exact) mass is 450 g/mol. The van der Waals surface area contributed by atoms with Gasteiger partial charge in [-0.3, -0.25) is 4.98 Å². The van der Waals surface area contributed by atoms with Gasteiger partial charge < -0.3 is 5.32 Å². The van der Waals surface area contributed by atoms with E-state index in [1.54, 1.807) is 0 Å². The van der Waals surface area contributed by atoms with Crippen LogP contribution in [-0.4, -0.2) is 22.8 Å². The molecule has 0 spiro atoms. The first-order valence-corrected chi connectivity index (χ1v) is 11.9. The summed E-state index contributed by atoms with van der Waals surface area (Å²) in [4.78, 5) is 14.2. The van der Waals surface area contributed by atoms with Crippen LogP contribution in [0.2, 0.25) is 0 Å². The number of aliphatic imine (C=N–C) groups is 2. The Morgan fingerprint density at radius 1 is 0.794 bits per heavy atom. The first kappa shape index (κ1) is 24.8. The van der Waals surface area contributed by atoms with E-state index in [0.717, 1.165) is 45.2 Å². The minimum Gasteiger partial charge on any atom is -0.324 e. The van der Waals surface area contributed by atoms with Gasteiger partial charge in [-0.05, 0) is 38.0 Å². The Kier molecular flexibility index (Phi) is 9.10. The normalized spacial score (nSPS) is 15.7. The largest absolute Gasteiger partial charge is 0.324 e. The third-order valence-electron chi connectivity index (χ3n) is 5.18. The van der Waals surface area contributed by atoms with E-state index in [0.29, 0.717) is 0 Å². The van der Waals surface area contributed by atoms with Gasteiger partial charge in [0.2, 0.25) is 0 Å². The van der Waals surface area contributed by atoms with Crippen LogP contribution in [0, 0.1) is 6.92 Å². The number of benzene rings is 2. The van der Waals surface area contributed by atoms with Crippen LogP contribution in [0.25, 0.3) is 11.1 Å². The van der Waals surface area contributed by atoms with Gasteiger partial charge in [0.25, 0.3) is 0 Å². The van der Waals surface area contributed by atoms with Crippen LogP contribution in [0.4, 0.5) is 0 Å². The highest BCUT2D eigenvalue weighted by Gasteiger charge is 2.20. The lowest BCUT2D eigenvalue weighted by Crippen LogP contribution is -2.38. The summed E-state index contributed by atoms with van der Waals surface area (Å²) in [6.07, 6.45) is 9.03. The standard InChI is InChI=1S/C27H26N4.C3H8/c1-4-9-20(5-2)25-29-26(22-10-7-6-8-11-22)31-27(30-25)23-16-14-21(15-17-23)24-13-12-19(3)28-18-24;1-3-2/h4-18,25H,1-3H3,(H,29,30,31);3H2,1-2H3/b9-4-,20-5+;. The number of nitrogens with zero attached hydrogens (tertiary/aromatic N) is 3. The van der Waals surface area contributed by atoms with E-state index in [9.17, 15) is 0 Å². The lowest BCUT2D eigenvalue weighted by Gasteiger charge is -2.23. The molecule has 0 fully saturated rings. The van der Waals surface area contributed by atoms with Crippen molar-refractivity contribution in [2.45, 2.75) is 47.2 Å². The van der Waals surface area contributed by atoms with Crippen LogP contribution in [-0.2, 0) is 0 Å². The van der Waals surface area contributed by atoms with Crippen LogP contribution in [0.1, 0.15) is 50.9 Å². The van der Waals surface area contributed by atoms with Gasteiger partial charge in [-0.15, -0.1) is 0 Å². The Balaban J connectivity index is 0.00000103. The van der Waals surface area contributed by atoms with Crippen LogP contribution in [0.5, 0.6) is 0 Å². The molecule has 4 rings (SSSR count). The first-order chi connectivity index (χ1) is 16.6. The van der Waals surface area contributed by atoms with Crippen molar-refractivity contribution in [2.75, 3.05) is 0 Å². The van der Waals surface area contributed by atoms with Gasteiger partial charge in [-0.25, -0.2) is 9.98 Å². The van der Waals surface area contributed by atoms with Crippen LogP contribution < -0.4 is 5.32 Å². The van der Waals surface area contributed by atoms with Gasteiger partial charge in [-0.1, -0.05) is 99.2 Å². The Labute approximate surface area is 203 Å². The SMILES string of the molecule is C/C=C\C(=C/C)C1N=C(c2ccccc2)NC(c2ccc(-c3ccc(C)nc3)cc2)=N1.CCC. The molecule has 1 aliphatic heterocycles. The Morgan fingerprint density at radius 3 is 1.88 bits per heavy atom. The Bertz CT molecular complexity index is 1170. The molecule has 0 saturated heterocycles. The molecule has 0 aliphatic carbocycles. The zero-order valence-electron chi connectivity index (χ0n) is 20.8. The molecule has 1 atom stereocenters. The predicted octanol–water partition coefficient (Wildman–Crippen LogP) is 7.12. The highest BCUT2D eigenvalue weighted by atomic mass is 15.2. The van der Waals surface area contributed by atoms with Crippen molar-refractivity contribution in [1.82, 2.24) is 10.3 Å². The maximum Gasteiger partial charge on any atom is 0.169 e. The average molecular weight is 451 g/mol. The first-order valence-electron chi connectivity index (χ1n) is 11.9. The number of allylic oxidation sites excluding steroid dienone is 2. The van der Waals surface area contributed by atoms with Gasteiger partial charge in [-0.2, -0.15) is 0 Å². The molecule has 2 aromatic carbocycles. The Morgan fingerprint density at radius 2 is 1.35 bits per heavy atom. The van der Waals surface area contributed by atoms with E-state index >= 15 is 0 Å². The molecule has 0 bridgehead atoms. The molecule has 0 amide bonds. The minimum atomic E-state index is -0.284. The predicted molar refractivity (Wildman–Crippen MR) is 145 cm³/mol. The molecule has 1 N–H and O–H groups in total. The second-order valence-electron chi connectivity index (χ2n) is 8.08. The number of pyridine rings is 1. The molecule has 3 aromatic rings. The van der Waals surface area contributed by atoms with E-state index in [1.807, 2.05) is 57.3 Å². The number of aromatic nitrogens is 1. The second-order valence-corrected chi connectivity index (χ2v) is 8.08. The summed E-state index contributed by atoms with van der Waals surface area (Å²) in [6, 6.07) is 22.7. The fraction of sp³-hybridized carbons (Fsp3) is 0.233. The maximum absolute atomic E-state index is 4.92. The third kappa shape index (κ3) is 6.38. The Hall–Kier alpha value is -3.79. The molecule has 1 aromatic heterocycles. The van der Waals surface area contributed by atoms with E-state index in [1.165, 1.54) is 6.42 Å². The van der Waals surface area contributed by atoms with E-state index < -0.39 is 0 Å². The lowest BCUT2D eigenvalue weighted by atomic mass is 10.0. The quantitative estimate of drug-likeness (QED) is 0.421. The summed E-state index contributed by atoms with van der Waals surface area (Å²) in [5.41, 5.74) is 6.37. The summed E-state index contributed by atoms with van der Waals surface area (Å²) >= 11 is 0. The molecule has 0 saturated carbocycles. The molecule has 4 nitrogen and oxygen atoms in total. The average Bonchev–Trinajstić information content (AvgIpc) is 2.88. The molecule has 1 aliphatic rings. The maximum atomic E-state index is 4.92. The topological polar surface area (TPSA) is 49.6 Å². The molecular weight excluding hydrogens is 416 g/mol. The lowest BCUT2D eigenvalue weighted by molar-refractivity contribution is 0.812. The van der Waals surface area contributed by atoms with E-state index in [2.05, 4.69) is 78.8 Å². The minimum absolute atomic E-state index is 0.284. The summed E-state index contributed by atoms with van der Waals surface area (Å²) in [5, 5.41) is 3.44. The van der Waals surface area contributed by atoms with Crippen LogP contribution >= 0.6 is 0 Å². The van der Waals surface area contributed by atoms with Crippen molar-refractivity contribution in [2.24, 2.45) is 9.98 Å². The molecule has 34 heavy (non-hydrogen) atoms. The summed E-state index contributed by atoms with van der Waals surface area (Å²) in [5.74, 6) is 1.64. The molecule has 0 radical (unpaired) electrons. The third-order valence-corrected chi connectivity index (χ3v) is 5.18. The van der Waals surface area contributed by atoms with Crippen LogP contribution in [0.3, 0.4) is 0 Å². The summed E-state index contributed by atoms with van der Waals surface area (Å²) in [7, 11) is 0. The molecule has 174 valence electrons. The van der Waals surface area contributed by atoms with E-state index in [4.69, 9.17) is 9.98 Å². The van der Waals surface area contributed by atoms with Crippen molar-refractivity contribution in [3.05, 3.63) is 114 Å². The molecule has 1 unspecified atom stereocenters. The van der Waals surface area contributed by atoms with Gasteiger partial charge in [0.05, 0.1) is 0 Å². The molecular formula is C30H34N4. The molecule has 2 heterocycles. The number of aryl methyl sites for hydroxylation is 1. The number of nitrogens with one attached hydrogen (secondary N) is 1. The van der Waals surface area contributed by atoms with Gasteiger partial charge in [0, 0.05) is 28.6 Å². The van der Waals surface area contributed by atoms with Crippen molar-refractivity contribution in [3.63, 3.8) is 0 Å². The molecule has 4 heteroatoms. The van der Waals surface area contributed by atoms with Crippen LogP contribution in [0.15, 0.2) is 107 Å². The number of hydrogen-bond acceptors (Lipinski definition) is 4. The van der Waals surface area contributed by atoms with Crippen molar-refractivity contribution >= 4 is 11.7 Å². The zero-order chi connectivity index (χ0) is 24.3. The fourth-order valence-electron chi connectivity index (χ4n) is 3.47. The highest BCUT2D eigenvalue weighted by molar-refractivity contribution is 6.16. The number of hydrogen-bond donors (Lipinski definition) is 1. The number of amidine groups is 2. The smallest absolute Gasteiger partial charge is 0.169 e. The van der Waals surface area contributed by atoms with Crippen molar-refractivity contribution < 1.29 is 0 Å². The zero-order valence-corrected chi connectivity index (χ0v) is 20.8. The fourth-order valence-corrected chi connectivity index (χ4v) is 3.47.